The summed E-state index contributed by atoms with van der Waals surface area (Å²) in [6, 6.07) is 22.7. The van der Waals surface area contributed by atoms with Gasteiger partial charge in [-0.3, -0.25) is 0 Å². The zero-order valence-corrected chi connectivity index (χ0v) is 18.0. The fourth-order valence-electron chi connectivity index (χ4n) is 3.60. The Kier molecular flexibility index (Phi) is 6.77. The quantitative estimate of drug-likeness (QED) is 0.531. The molecule has 0 amide bonds. The van der Waals surface area contributed by atoms with Gasteiger partial charge in [0.25, 0.3) is 0 Å². The molecule has 1 heterocycles. The number of hydrogen-bond donors (Lipinski definition) is 1. The van der Waals surface area contributed by atoms with Crippen molar-refractivity contribution in [2.24, 2.45) is 0 Å². The normalized spacial score (nSPS) is 13.9. The van der Waals surface area contributed by atoms with Crippen LogP contribution >= 0.6 is 11.6 Å². The first-order valence-electron chi connectivity index (χ1n) is 10.3. The third-order valence-corrected chi connectivity index (χ3v) is 5.46. The summed E-state index contributed by atoms with van der Waals surface area (Å²) in [5.74, 6) is 0.846. The van der Waals surface area contributed by atoms with Crippen LogP contribution in [-0.4, -0.2) is 26.3 Å². The molecule has 1 saturated heterocycles. The second kappa shape index (κ2) is 9.88. The predicted molar refractivity (Wildman–Crippen MR) is 124 cm³/mol. The maximum absolute atomic E-state index is 6.24. The number of rotatable bonds is 7. The lowest BCUT2D eigenvalue weighted by Gasteiger charge is -2.29. The number of hydrogen-bond acceptors (Lipinski definition) is 4. The topological polar surface area (TPSA) is 33.7 Å². The van der Waals surface area contributed by atoms with E-state index >= 15 is 0 Å². The summed E-state index contributed by atoms with van der Waals surface area (Å²) in [7, 11) is 0. The average Bonchev–Trinajstić information content (AvgIpc) is 2.78. The molecule has 0 atom stereocenters. The summed E-state index contributed by atoms with van der Waals surface area (Å²) in [5, 5.41) is 4.19. The van der Waals surface area contributed by atoms with Crippen LogP contribution in [0.15, 0.2) is 66.7 Å². The number of nitrogens with one attached hydrogen (secondary N) is 1. The van der Waals surface area contributed by atoms with Gasteiger partial charge in [-0.15, -0.1) is 0 Å². The lowest BCUT2D eigenvalue weighted by Crippen LogP contribution is -2.36. The van der Waals surface area contributed by atoms with Gasteiger partial charge >= 0.3 is 0 Å². The summed E-state index contributed by atoms with van der Waals surface area (Å²) < 4.78 is 11.5. The standard InChI is InChI=1S/C25H27ClN2O2/c1-19-3-2-4-20(15-19)18-30-25-10-5-22(26)16-21(25)17-27-23-6-8-24(9-7-23)28-11-13-29-14-12-28/h2-10,15-16,27H,11-14,17-18H2,1H3. The lowest BCUT2D eigenvalue weighted by molar-refractivity contribution is 0.122. The Morgan fingerprint density at radius 1 is 1.00 bits per heavy atom. The van der Waals surface area contributed by atoms with Gasteiger partial charge in [0.15, 0.2) is 0 Å². The van der Waals surface area contributed by atoms with Gasteiger partial charge in [0.05, 0.1) is 13.2 Å². The van der Waals surface area contributed by atoms with Gasteiger partial charge in [-0.05, 0) is 55.0 Å². The third-order valence-electron chi connectivity index (χ3n) is 5.23. The maximum Gasteiger partial charge on any atom is 0.124 e. The monoisotopic (exact) mass is 422 g/mol. The van der Waals surface area contributed by atoms with Crippen molar-refractivity contribution in [1.82, 2.24) is 0 Å². The van der Waals surface area contributed by atoms with Crippen molar-refractivity contribution in [3.8, 4) is 5.75 Å². The lowest BCUT2D eigenvalue weighted by atomic mass is 10.1. The summed E-state index contributed by atoms with van der Waals surface area (Å²) in [6.45, 7) is 6.73. The van der Waals surface area contributed by atoms with E-state index in [0.29, 0.717) is 18.2 Å². The molecule has 30 heavy (non-hydrogen) atoms. The Balaban J connectivity index is 1.39. The fraction of sp³-hybridized carbons (Fsp3) is 0.280. The van der Waals surface area contributed by atoms with Gasteiger partial charge in [0.1, 0.15) is 12.4 Å². The molecule has 1 fully saturated rings. The molecule has 1 aliphatic heterocycles. The van der Waals surface area contributed by atoms with Crippen molar-refractivity contribution >= 4 is 23.0 Å². The molecule has 3 aromatic rings. The number of anilines is 2. The van der Waals surface area contributed by atoms with E-state index in [9.17, 15) is 0 Å². The molecule has 156 valence electrons. The minimum absolute atomic E-state index is 0.532. The van der Waals surface area contributed by atoms with Crippen molar-refractivity contribution in [3.05, 3.63) is 88.4 Å². The van der Waals surface area contributed by atoms with Crippen LogP contribution in [0.4, 0.5) is 11.4 Å². The molecule has 0 unspecified atom stereocenters. The molecule has 1 aliphatic rings. The van der Waals surface area contributed by atoms with Crippen molar-refractivity contribution in [2.45, 2.75) is 20.1 Å². The number of ether oxygens (including phenoxy) is 2. The molecular formula is C25H27ClN2O2. The number of nitrogens with zero attached hydrogens (tertiary/aromatic N) is 1. The third kappa shape index (κ3) is 5.47. The zero-order valence-electron chi connectivity index (χ0n) is 17.2. The molecule has 0 aromatic heterocycles. The van der Waals surface area contributed by atoms with Crippen LogP contribution in [0.3, 0.4) is 0 Å². The van der Waals surface area contributed by atoms with E-state index in [1.54, 1.807) is 0 Å². The summed E-state index contributed by atoms with van der Waals surface area (Å²) in [5.41, 5.74) is 5.72. The van der Waals surface area contributed by atoms with Crippen molar-refractivity contribution in [3.63, 3.8) is 0 Å². The predicted octanol–water partition coefficient (Wildman–Crippen LogP) is 5.68. The molecule has 3 aromatic carbocycles. The summed E-state index contributed by atoms with van der Waals surface area (Å²) in [6.07, 6.45) is 0. The second-order valence-electron chi connectivity index (χ2n) is 7.53. The van der Waals surface area contributed by atoms with E-state index in [1.165, 1.54) is 11.3 Å². The first-order valence-corrected chi connectivity index (χ1v) is 10.7. The minimum Gasteiger partial charge on any atom is -0.489 e. The van der Waals surface area contributed by atoms with E-state index in [0.717, 1.165) is 48.9 Å². The molecule has 4 nitrogen and oxygen atoms in total. The summed E-state index contributed by atoms with van der Waals surface area (Å²) in [4.78, 5) is 2.35. The highest BCUT2D eigenvalue weighted by molar-refractivity contribution is 6.30. The minimum atomic E-state index is 0.532. The largest absolute Gasteiger partial charge is 0.489 e. The van der Waals surface area contributed by atoms with Gasteiger partial charge in [-0.2, -0.15) is 0 Å². The first-order chi connectivity index (χ1) is 14.7. The maximum atomic E-state index is 6.24. The Morgan fingerprint density at radius 2 is 1.80 bits per heavy atom. The van der Waals surface area contributed by atoms with Gasteiger partial charge in [0.2, 0.25) is 0 Å². The van der Waals surface area contributed by atoms with Crippen molar-refractivity contribution in [2.75, 3.05) is 36.5 Å². The Labute approximate surface area is 183 Å². The number of halogens is 1. The number of morpholine rings is 1. The molecule has 0 bridgehead atoms. The van der Waals surface area contributed by atoms with Crippen LogP contribution in [0.25, 0.3) is 0 Å². The van der Waals surface area contributed by atoms with Crippen LogP contribution in [0.5, 0.6) is 5.75 Å². The van der Waals surface area contributed by atoms with Gasteiger partial charge in [0, 0.05) is 41.6 Å². The zero-order chi connectivity index (χ0) is 20.8. The first kappa shape index (κ1) is 20.6. The molecule has 0 saturated carbocycles. The van der Waals surface area contributed by atoms with Crippen LogP contribution < -0.4 is 15.0 Å². The van der Waals surface area contributed by atoms with Crippen molar-refractivity contribution < 1.29 is 9.47 Å². The number of benzene rings is 3. The van der Waals surface area contributed by atoms with E-state index in [2.05, 4.69) is 65.7 Å². The van der Waals surface area contributed by atoms with Crippen LogP contribution in [0.1, 0.15) is 16.7 Å². The van der Waals surface area contributed by atoms with Gasteiger partial charge in [-0.1, -0.05) is 41.4 Å². The average molecular weight is 423 g/mol. The smallest absolute Gasteiger partial charge is 0.124 e. The Bertz CT molecular complexity index is 969. The van der Waals surface area contributed by atoms with Gasteiger partial charge < -0.3 is 19.7 Å². The Morgan fingerprint density at radius 3 is 2.57 bits per heavy atom. The molecule has 1 N–H and O–H groups in total. The number of aryl methyl sites for hydroxylation is 1. The van der Waals surface area contributed by atoms with Crippen molar-refractivity contribution in [1.29, 1.82) is 0 Å². The molecule has 5 heteroatoms. The van der Waals surface area contributed by atoms with Gasteiger partial charge in [-0.25, -0.2) is 0 Å². The molecule has 0 radical (unpaired) electrons. The highest BCUT2D eigenvalue weighted by atomic mass is 35.5. The summed E-state index contributed by atoms with van der Waals surface area (Å²) >= 11 is 6.24. The molecule has 0 spiro atoms. The van der Waals surface area contributed by atoms with E-state index in [1.807, 2.05) is 18.2 Å². The van der Waals surface area contributed by atoms with E-state index in [-0.39, 0.29) is 0 Å². The van der Waals surface area contributed by atoms with Crippen LogP contribution in [0.2, 0.25) is 5.02 Å². The fourth-order valence-corrected chi connectivity index (χ4v) is 3.79. The highest BCUT2D eigenvalue weighted by Gasteiger charge is 2.11. The second-order valence-corrected chi connectivity index (χ2v) is 7.97. The van der Waals surface area contributed by atoms with Crippen LogP contribution in [-0.2, 0) is 17.9 Å². The Hall–Kier alpha value is -2.69. The highest BCUT2D eigenvalue weighted by Crippen LogP contribution is 2.26. The molecule has 4 rings (SSSR count). The molecule has 0 aliphatic carbocycles. The van der Waals surface area contributed by atoms with E-state index < -0.39 is 0 Å². The SMILES string of the molecule is Cc1cccc(COc2ccc(Cl)cc2CNc2ccc(N3CCOCC3)cc2)c1. The molecular weight excluding hydrogens is 396 g/mol. The van der Waals surface area contributed by atoms with E-state index in [4.69, 9.17) is 21.1 Å². The van der Waals surface area contributed by atoms with Crippen LogP contribution in [0, 0.1) is 6.92 Å².